The molecule has 0 aromatic heterocycles. The second kappa shape index (κ2) is 6.33. The predicted molar refractivity (Wildman–Crippen MR) is 79.5 cm³/mol. The summed E-state index contributed by atoms with van der Waals surface area (Å²) in [6, 6.07) is 2.84. The van der Waals surface area contributed by atoms with Crippen LogP contribution in [0.2, 0.25) is 0 Å². The van der Waals surface area contributed by atoms with Gasteiger partial charge in [-0.1, -0.05) is 6.07 Å². The van der Waals surface area contributed by atoms with Crippen LogP contribution in [0, 0.1) is 11.6 Å². The Bertz CT molecular complexity index is 845. The summed E-state index contributed by atoms with van der Waals surface area (Å²) >= 11 is 0. The molecule has 0 saturated heterocycles. The van der Waals surface area contributed by atoms with Crippen LogP contribution in [0.5, 0.6) is 0 Å². The van der Waals surface area contributed by atoms with E-state index in [2.05, 4.69) is 5.43 Å². The van der Waals surface area contributed by atoms with Gasteiger partial charge in [0, 0.05) is 29.6 Å². The lowest BCUT2D eigenvalue weighted by Gasteiger charge is -2.27. The van der Waals surface area contributed by atoms with Crippen LogP contribution in [0.1, 0.15) is 5.56 Å². The first-order valence-corrected chi connectivity index (χ1v) is 7.19. The molecule has 1 aromatic carbocycles. The van der Waals surface area contributed by atoms with E-state index >= 15 is 0 Å². The monoisotopic (exact) mass is 373 g/mol. The third-order valence-corrected chi connectivity index (χ3v) is 3.74. The van der Waals surface area contributed by atoms with Gasteiger partial charge >= 0.3 is 6.30 Å². The van der Waals surface area contributed by atoms with Gasteiger partial charge in [0.1, 0.15) is 17.3 Å². The third-order valence-electron chi connectivity index (χ3n) is 3.74. The summed E-state index contributed by atoms with van der Waals surface area (Å²) in [6.07, 6.45) is -2.10. The summed E-state index contributed by atoms with van der Waals surface area (Å²) in [5.41, 5.74) is 4.52. The highest BCUT2D eigenvalue weighted by molar-refractivity contribution is 5.95. The van der Waals surface area contributed by atoms with Crippen molar-refractivity contribution < 1.29 is 26.7 Å². The predicted octanol–water partition coefficient (Wildman–Crippen LogP) is 1.72. The van der Waals surface area contributed by atoms with E-state index in [1.807, 2.05) is 5.43 Å². The summed E-state index contributed by atoms with van der Waals surface area (Å²) < 4.78 is 65.8. The molecular formula is C15H12F5N5O. The second-order valence-electron chi connectivity index (χ2n) is 5.40. The molecule has 0 saturated carbocycles. The van der Waals surface area contributed by atoms with Crippen LogP contribution in [-0.2, 0) is 11.3 Å². The first-order chi connectivity index (χ1) is 12.2. The normalized spacial score (nSPS) is 16.5. The largest absolute Gasteiger partial charge is 0.488 e. The fourth-order valence-electron chi connectivity index (χ4n) is 2.51. The zero-order valence-corrected chi connectivity index (χ0v) is 12.9. The van der Waals surface area contributed by atoms with Crippen molar-refractivity contribution in [2.24, 2.45) is 5.84 Å². The number of nitrogens with zero attached hydrogens (tertiary/aromatic N) is 2. The van der Waals surface area contributed by atoms with E-state index in [1.165, 1.54) is 0 Å². The van der Waals surface area contributed by atoms with Gasteiger partial charge in [0.15, 0.2) is 0 Å². The number of hydrogen-bond acceptors (Lipinski definition) is 5. The molecular weight excluding hydrogens is 361 g/mol. The maximum Gasteiger partial charge on any atom is 0.488 e. The van der Waals surface area contributed by atoms with Gasteiger partial charge < -0.3 is 0 Å². The summed E-state index contributed by atoms with van der Waals surface area (Å²) in [7, 11) is 0. The SMILES string of the molecule is NNC(=O)C1=C2C=CN(C(F)(F)F)C=C2N(Cc2ccc(F)cc2F)N1. The third kappa shape index (κ3) is 3.20. The van der Waals surface area contributed by atoms with Gasteiger partial charge in [0.2, 0.25) is 0 Å². The van der Waals surface area contributed by atoms with Gasteiger partial charge in [-0.25, -0.2) is 14.6 Å². The smallest absolute Gasteiger partial charge is 0.292 e. The molecule has 1 aromatic rings. The van der Waals surface area contributed by atoms with Crippen LogP contribution >= 0.6 is 0 Å². The van der Waals surface area contributed by atoms with E-state index in [9.17, 15) is 26.7 Å². The number of carbonyl (C=O) groups is 1. The number of hydrogen-bond donors (Lipinski definition) is 3. The molecule has 0 radical (unpaired) electrons. The van der Waals surface area contributed by atoms with Gasteiger partial charge in [-0.15, -0.1) is 13.2 Å². The Balaban J connectivity index is 1.97. The van der Waals surface area contributed by atoms with Crippen molar-refractivity contribution in [3.05, 3.63) is 70.8 Å². The molecule has 0 unspecified atom stereocenters. The number of hydrazine groups is 2. The van der Waals surface area contributed by atoms with Crippen LogP contribution in [0.15, 0.2) is 53.6 Å². The zero-order chi connectivity index (χ0) is 19.1. The first-order valence-electron chi connectivity index (χ1n) is 7.19. The van der Waals surface area contributed by atoms with Crippen LogP contribution in [0.4, 0.5) is 22.0 Å². The van der Waals surface area contributed by atoms with Crippen molar-refractivity contribution in [1.29, 1.82) is 0 Å². The van der Waals surface area contributed by atoms with Gasteiger partial charge in [-0.05, 0) is 12.1 Å². The van der Waals surface area contributed by atoms with Crippen molar-refractivity contribution in [3.63, 3.8) is 0 Å². The fourth-order valence-corrected chi connectivity index (χ4v) is 2.51. The number of nitrogens with one attached hydrogen (secondary N) is 2. The summed E-state index contributed by atoms with van der Waals surface area (Å²) in [5, 5.41) is 1.14. The summed E-state index contributed by atoms with van der Waals surface area (Å²) in [4.78, 5) is 11.8. The standard InChI is InChI=1S/C15H12F5N5O/c16-9-2-1-8(11(17)5-9)6-25-12-7-24(15(18,19)20)4-3-10(12)13(23-25)14(26)22-21/h1-5,7,23H,6,21H2,(H,22,26). The van der Waals surface area contributed by atoms with E-state index in [0.29, 0.717) is 6.07 Å². The zero-order valence-electron chi connectivity index (χ0n) is 12.9. The summed E-state index contributed by atoms with van der Waals surface area (Å²) in [6.45, 7) is -0.262. The molecule has 2 heterocycles. The maximum absolute atomic E-state index is 13.9. The van der Waals surface area contributed by atoms with Gasteiger partial charge in [-0.3, -0.25) is 25.6 Å². The maximum atomic E-state index is 13.9. The van der Waals surface area contributed by atoms with Gasteiger partial charge in [0.25, 0.3) is 5.91 Å². The van der Waals surface area contributed by atoms with E-state index in [4.69, 9.17) is 5.84 Å². The molecule has 138 valence electrons. The Labute approximate surface area is 144 Å². The van der Waals surface area contributed by atoms with Gasteiger partial charge in [-0.2, -0.15) is 0 Å². The lowest BCUT2D eigenvalue weighted by Crippen LogP contribution is -2.39. The first kappa shape index (κ1) is 17.7. The highest BCUT2D eigenvalue weighted by Gasteiger charge is 2.39. The topological polar surface area (TPSA) is 73.6 Å². The highest BCUT2D eigenvalue weighted by atomic mass is 19.4. The Morgan fingerprint density at radius 3 is 2.62 bits per heavy atom. The lowest BCUT2D eigenvalue weighted by molar-refractivity contribution is -0.211. The molecule has 6 nitrogen and oxygen atoms in total. The van der Waals surface area contributed by atoms with Crippen molar-refractivity contribution in [2.45, 2.75) is 12.8 Å². The number of allylic oxidation sites excluding steroid dienone is 1. The molecule has 0 fully saturated rings. The fraction of sp³-hybridized carbons (Fsp3) is 0.133. The van der Waals surface area contributed by atoms with Crippen molar-refractivity contribution in [2.75, 3.05) is 0 Å². The number of carbonyl (C=O) groups excluding carboxylic acids is 1. The Hall–Kier alpha value is -3.08. The van der Waals surface area contributed by atoms with Crippen LogP contribution in [0.3, 0.4) is 0 Å². The molecule has 1 amide bonds. The molecule has 11 heteroatoms. The molecule has 0 bridgehead atoms. The van der Waals surface area contributed by atoms with E-state index < -0.39 is 23.8 Å². The number of alkyl halides is 3. The number of amides is 1. The molecule has 2 aliphatic heterocycles. The van der Waals surface area contributed by atoms with Crippen molar-refractivity contribution in [1.82, 2.24) is 20.8 Å². The Morgan fingerprint density at radius 2 is 2.00 bits per heavy atom. The number of rotatable bonds is 3. The van der Waals surface area contributed by atoms with E-state index in [0.717, 1.165) is 35.6 Å². The quantitative estimate of drug-likeness (QED) is 0.247. The number of nitrogens with two attached hydrogens (primary N) is 1. The highest BCUT2D eigenvalue weighted by Crippen LogP contribution is 2.34. The average molecular weight is 373 g/mol. The molecule has 0 atom stereocenters. The van der Waals surface area contributed by atoms with Crippen molar-refractivity contribution >= 4 is 5.91 Å². The van der Waals surface area contributed by atoms with Crippen LogP contribution in [0.25, 0.3) is 0 Å². The minimum Gasteiger partial charge on any atom is -0.292 e. The van der Waals surface area contributed by atoms with E-state index in [1.54, 1.807) is 0 Å². The Morgan fingerprint density at radius 1 is 1.27 bits per heavy atom. The Kier molecular flexibility index (Phi) is 4.32. The minimum absolute atomic E-state index is 0.00910. The van der Waals surface area contributed by atoms with Crippen LogP contribution in [-0.4, -0.2) is 22.1 Å². The lowest BCUT2D eigenvalue weighted by atomic mass is 10.1. The number of halogens is 5. The number of benzene rings is 1. The summed E-state index contributed by atoms with van der Waals surface area (Å²) in [5.74, 6) is 2.66. The van der Waals surface area contributed by atoms with Gasteiger partial charge in [0.05, 0.1) is 12.2 Å². The molecule has 0 spiro atoms. The molecule has 2 aliphatic rings. The number of fused-ring (bicyclic) bond motifs is 1. The molecule has 4 N–H and O–H groups in total. The molecule has 26 heavy (non-hydrogen) atoms. The molecule has 0 aliphatic carbocycles. The van der Waals surface area contributed by atoms with E-state index in [-0.39, 0.29) is 34.0 Å². The minimum atomic E-state index is -4.68. The van der Waals surface area contributed by atoms with Crippen molar-refractivity contribution in [3.8, 4) is 0 Å². The second-order valence-corrected chi connectivity index (χ2v) is 5.40. The average Bonchev–Trinajstić information content (AvgIpc) is 2.94. The van der Waals surface area contributed by atoms with Crippen LogP contribution < -0.4 is 16.7 Å². The molecule has 3 rings (SSSR count).